The van der Waals surface area contributed by atoms with Crippen molar-refractivity contribution in [1.29, 1.82) is 0 Å². The van der Waals surface area contributed by atoms with Gasteiger partial charge in [0.05, 0.1) is 13.2 Å². The van der Waals surface area contributed by atoms with E-state index in [0.717, 1.165) is 12.8 Å². The molecule has 4 unspecified atom stereocenters. The van der Waals surface area contributed by atoms with Gasteiger partial charge in [-0.25, -0.2) is 0 Å². The summed E-state index contributed by atoms with van der Waals surface area (Å²) >= 11 is 0. The van der Waals surface area contributed by atoms with Gasteiger partial charge in [-0.05, 0) is 19.3 Å². The summed E-state index contributed by atoms with van der Waals surface area (Å²) in [5.74, 6) is -2.39. The molecule has 264 valence electrons. The van der Waals surface area contributed by atoms with Gasteiger partial charge in [-0.15, -0.1) is 13.2 Å². The Morgan fingerprint density at radius 3 is 0.864 bits per heavy atom. The number of carbonyl (C=O) groups is 3. The Morgan fingerprint density at radius 2 is 0.659 bits per heavy atom. The predicted molar refractivity (Wildman–Crippen MR) is 170 cm³/mol. The first kappa shape index (κ1) is 48.8. The van der Waals surface area contributed by atoms with E-state index in [1.807, 2.05) is 0 Å². The number of aliphatic carboxylic acids is 3. The number of aliphatic hydroxyl groups excluding tert-OH is 6. The Balaban J connectivity index is -0.000000285. The lowest BCUT2D eigenvalue weighted by molar-refractivity contribution is -0.139. The average Bonchev–Trinajstić information content (AvgIpc) is 3.01. The molecule has 0 saturated carbocycles. The molecule has 0 spiro atoms. The Labute approximate surface area is 264 Å². The van der Waals surface area contributed by atoms with Gasteiger partial charge in [-0.1, -0.05) is 96.8 Å². The molecule has 0 aromatic rings. The molecular weight excluding hydrogens is 576 g/mol. The summed E-state index contributed by atoms with van der Waals surface area (Å²) < 4.78 is 0. The van der Waals surface area contributed by atoms with E-state index in [1.54, 1.807) is 0 Å². The van der Waals surface area contributed by atoms with Crippen LogP contribution in [0.3, 0.4) is 0 Å². The first-order valence-corrected chi connectivity index (χ1v) is 16.0. The zero-order valence-electron chi connectivity index (χ0n) is 27.0. The Hall–Kier alpha value is -2.09. The lowest BCUT2D eigenvalue weighted by Gasteiger charge is -2.24. The van der Waals surface area contributed by atoms with Gasteiger partial charge < -0.3 is 46.0 Å². The lowest BCUT2D eigenvalue weighted by Crippen LogP contribution is -2.46. The molecule has 44 heavy (non-hydrogen) atoms. The highest BCUT2D eigenvalue weighted by Crippen LogP contribution is 2.13. The van der Waals surface area contributed by atoms with E-state index < -0.39 is 55.5 Å². The van der Waals surface area contributed by atoms with Gasteiger partial charge in [0.2, 0.25) is 0 Å². The smallest absolute Gasteiger partial charge is 0.303 e. The van der Waals surface area contributed by atoms with Crippen molar-refractivity contribution in [2.45, 2.75) is 160 Å². The fourth-order valence-electron chi connectivity index (χ4n) is 3.87. The number of carboxylic acids is 3. The number of hydrogen-bond acceptors (Lipinski definition) is 9. The maximum Gasteiger partial charge on any atom is 0.303 e. The summed E-state index contributed by atoms with van der Waals surface area (Å²) in [5, 5.41) is 77.0. The number of aliphatic hydroxyl groups is 6. The fourth-order valence-corrected chi connectivity index (χ4v) is 3.87. The third-order valence-electron chi connectivity index (χ3n) is 6.54. The van der Waals surface area contributed by atoms with Crippen molar-refractivity contribution in [3.8, 4) is 0 Å². The number of hydrogen-bond donors (Lipinski definition) is 9. The van der Waals surface area contributed by atoms with Gasteiger partial charge in [-0.3, -0.25) is 14.4 Å². The van der Waals surface area contributed by atoms with Crippen molar-refractivity contribution < 1.29 is 60.3 Å². The van der Waals surface area contributed by atoms with Crippen molar-refractivity contribution in [2.75, 3.05) is 13.2 Å². The molecule has 12 nitrogen and oxygen atoms in total. The van der Waals surface area contributed by atoms with Crippen LogP contribution in [0, 0.1) is 0 Å². The van der Waals surface area contributed by atoms with Crippen molar-refractivity contribution in [2.24, 2.45) is 0 Å². The Kier molecular flexibility index (Phi) is 43.2. The van der Waals surface area contributed by atoms with E-state index in [4.69, 9.17) is 46.0 Å². The monoisotopic (exact) mass is 640 g/mol. The van der Waals surface area contributed by atoms with E-state index in [1.165, 1.54) is 83.5 Å². The molecule has 0 heterocycles. The summed E-state index contributed by atoms with van der Waals surface area (Å²) in [4.78, 5) is 30.1. The van der Waals surface area contributed by atoms with E-state index in [2.05, 4.69) is 20.1 Å². The standard InChI is InChI=1S/C18H36O2.C6H14O6.C6H10O4.C2H4/c1-2-3-4-5-6-7-8-9-10-11-12-13-14-15-16-17-18(19)20;7-1-3(9)5(11)6(12)4(10)2-8;7-5(8)3-1-2-4-6(9)10;1-2/h2-17H2,1H3,(H,19,20);3-12H,1-2H2;1-4H2,(H,7,8)(H,9,10);1-2H2. The third kappa shape index (κ3) is 42.0. The van der Waals surface area contributed by atoms with Crippen molar-refractivity contribution in [3.63, 3.8) is 0 Å². The van der Waals surface area contributed by atoms with Gasteiger partial charge in [0.15, 0.2) is 0 Å². The molecule has 12 heteroatoms. The van der Waals surface area contributed by atoms with E-state index in [0.29, 0.717) is 19.3 Å². The van der Waals surface area contributed by atoms with Crippen molar-refractivity contribution in [3.05, 3.63) is 13.2 Å². The molecule has 0 aliphatic heterocycles. The van der Waals surface area contributed by atoms with Crippen LogP contribution >= 0.6 is 0 Å². The SMILES string of the molecule is C=C.CCCCCCCCCCCCCCCCCC(=O)O.O=C(O)CCCCC(=O)O.OCC(O)C(O)C(O)C(O)CO. The first-order chi connectivity index (χ1) is 20.9. The Bertz CT molecular complexity index is 602. The van der Waals surface area contributed by atoms with Crippen LogP contribution < -0.4 is 0 Å². The fraction of sp³-hybridized carbons (Fsp3) is 0.844. The number of carboxylic acid groups (broad SMARTS) is 3. The second kappa shape index (κ2) is 38.9. The quantitative estimate of drug-likeness (QED) is 0.0476. The van der Waals surface area contributed by atoms with Crippen LogP contribution in [-0.2, 0) is 14.4 Å². The van der Waals surface area contributed by atoms with Crippen LogP contribution in [-0.4, -0.2) is 101 Å². The van der Waals surface area contributed by atoms with Gasteiger partial charge in [0.1, 0.15) is 24.4 Å². The molecule has 0 aliphatic rings. The van der Waals surface area contributed by atoms with Gasteiger partial charge in [0, 0.05) is 19.3 Å². The molecule has 9 N–H and O–H groups in total. The molecule has 0 rings (SSSR count). The first-order valence-electron chi connectivity index (χ1n) is 16.0. The number of unbranched alkanes of at least 4 members (excludes halogenated alkanes) is 15. The van der Waals surface area contributed by atoms with E-state index >= 15 is 0 Å². The minimum atomic E-state index is -1.67. The molecule has 0 saturated heterocycles. The second-order valence-corrected chi connectivity index (χ2v) is 10.6. The molecule has 4 atom stereocenters. The van der Waals surface area contributed by atoms with E-state index in [-0.39, 0.29) is 12.8 Å². The highest BCUT2D eigenvalue weighted by Gasteiger charge is 2.29. The predicted octanol–water partition coefficient (Wildman–Crippen LogP) is 4.27. The van der Waals surface area contributed by atoms with Gasteiger partial charge >= 0.3 is 17.9 Å². The van der Waals surface area contributed by atoms with Crippen LogP contribution in [0.1, 0.15) is 135 Å². The molecule has 0 amide bonds. The average molecular weight is 641 g/mol. The molecule has 0 aromatic carbocycles. The molecule has 0 aliphatic carbocycles. The Morgan fingerprint density at radius 1 is 0.455 bits per heavy atom. The summed E-state index contributed by atoms with van der Waals surface area (Å²) in [5.41, 5.74) is 0. The number of rotatable bonds is 26. The maximum absolute atomic E-state index is 10.3. The van der Waals surface area contributed by atoms with Gasteiger partial charge in [0.25, 0.3) is 0 Å². The van der Waals surface area contributed by atoms with Crippen molar-refractivity contribution in [1.82, 2.24) is 0 Å². The van der Waals surface area contributed by atoms with Crippen LogP contribution in [0.5, 0.6) is 0 Å². The summed E-state index contributed by atoms with van der Waals surface area (Å²) in [6.45, 7) is 6.82. The molecule has 0 fully saturated rings. The van der Waals surface area contributed by atoms with Crippen LogP contribution in [0.2, 0.25) is 0 Å². The summed E-state index contributed by atoms with van der Waals surface area (Å²) in [6.07, 6.45) is 14.8. The topological polar surface area (TPSA) is 233 Å². The normalized spacial score (nSPS) is 13.0. The zero-order chi connectivity index (χ0) is 34.6. The van der Waals surface area contributed by atoms with Crippen LogP contribution in [0.25, 0.3) is 0 Å². The second-order valence-electron chi connectivity index (χ2n) is 10.6. The van der Waals surface area contributed by atoms with Crippen LogP contribution in [0.15, 0.2) is 13.2 Å². The molecular formula is C32H64O12. The molecule has 0 radical (unpaired) electrons. The largest absolute Gasteiger partial charge is 0.481 e. The minimum Gasteiger partial charge on any atom is -0.481 e. The van der Waals surface area contributed by atoms with Crippen LogP contribution in [0.4, 0.5) is 0 Å². The highest BCUT2D eigenvalue weighted by atomic mass is 16.4. The maximum atomic E-state index is 10.3. The van der Waals surface area contributed by atoms with E-state index in [9.17, 15) is 14.4 Å². The molecule has 0 aromatic heterocycles. The summed E-state index contributed by atoms with van der Waals surface area (Å²) in [7, 11) is 0. The zero-order valence-corrected chi connectivity index (χ0v) is 27.0. The third-order valence-corrected chi connectivity index (χ3v) is 6.54. The molecule has 0 bridgehead atoms. The van der Waals surface area contributed by atoms with Crippen molar-refractivity contribution >= 4 is 17.9 Å². The lowest BCUT2D eigenvalue weighted by atomic mass is 10.0. The van der Waals surface area contributed by atoms with Gasteiger partial charge in [-0.2, -0.15) is 0 Å². The highest BCUT2D eigenvalue weighted by molar-refractivity contribution is 5.68. The summed E-state index contributed by atoms with van der Waals surface area (Å²) in [6, 6.07) is 0. The minimum absolute atomic E-state index is 0.0628.